The third-order valence-electron chi connectivity index (χ3n) is 3.92. The molecule has 1 saturated carbocycles. The van der Waals surface area contributed by atoms with Crippen molar-refractivity contribution in [3.63, 3.8) is 0 Å². The molecule has 0 amide bonds. The van der Waals surface area contributed by atoms with Gasteiger partial charge in [0.2, 0.25) is 0 Å². The van der Waals surface area contributed by atoms with E-state index in [-0.39, 0.29) is 0 Å². The van der Waals surface area contributed by atoms with E-state index in [0.717, 1.165) is 30.4 Å². The minimum Gasteiger partial charge on any atom is -0.481 e. The average Bonchev–Trinajstić information content (AvgIpc) is 2.19. The topological polar surface area (TPSA) is 37.3 Å². The van der Waals surface area contributed by atoms with Gasteiger partial charge in [-0.1, -0.05) is 37.6 Å². The molecule has 16 heavy (non-hydrogen) atoms. The number of carboxylic acid groups (broad SMARTS) is 1. The molecule has 2 heteroatoms. The Balaban J connectivity index is 2.36. The molecule has 1 aromatic carbocycles. The van der Waals surface area contributed by atoms with Crippen LogP contribution < -0.4 is 0 Å². The minimum atomic E-state index is -0.661. The second kappa shape index (κ2) is 3.93. The van der Waals surface area contributed by atoms with Gasteiger partial charge in [-0.2, -0.15) is 0 Å². The van der Waals surface area contributed by atoms with Gasteiger partial charge in [-0.3, -0.25) is 4.79 Å². The molecule has 0 radical (unpaired) electrons. The fraction of sp³-hybridized carbons (Fsp3) is 0.500. The number of rotatable bonds is 3. The number of hydrogen-bond donors (Lipinski definition) is 1. The number of benzene rings is 1. The number of aliphatic carboxylic acids is 1. The highest BCUT2D eigenvalue weighted by atomic mass is 16.4. The third kappa shape index (κ3) is 1.53. The number of aryl methyl sites for hydroxylation is 1. The quantitative estimate of drug-likeness (QED) is 0.846. The first kappa shape index (κ1) is 11.2. The summed E-state index contributed by atoms with van der Waals surface area (Å²) in [6.45, 7) is 4.13. The van der Waals surface area contributed by atoms with E-state index >= 15 is 0 Å². The maximum atomic E-state index is 11.5. The summed E-state index contributed by atoms with van der Waals surface area (Å²) in [5, 5.41) is 9.47. The van der Waals surface area contributed by atoms with Crippen LogP contribution in [-0.2, 0) is 10.2 Å². The number of hydrogen-bond acceptors (Lipinski definition) is 1. The lowest BCUT2D eigenvalue weighted by Gasteiger charge is -2.45. The smallest absolute Gasteiger partial charge is 0.314 e. The lowest BCUT2D eigenvalue weighted by Crippen LogP contribution is -2.48. The molecule has 0 bridgehead atoms. The predicted molar refractivity (Wildman–Crippen MR) is 63.5 cm³/mol. The number of carboxylic acids is 1. The van der Waals surface area contributed by atoms with Crippen molar-refractivity contribution in [2.75, 3.05) is 0 Å². The molecule has 0 unspecified atom stereocenters. The molecule has 86 valence electrons. The Hall–Kier alpha value is -1.31. The van der Waals surface area contributed by atoms with Gasteiger partial charge >= 0.3 is 5.97 Å². The van der Waals surface area contributed by atoms with Crippen LogP contribution in [-0.4, -0.2) is 11.1 Å². The second-order valence-electron chi connectivity index (χ2n) is 4.88. The van der Waals surface area contributed by atoms with Crippen LogP contribution in [0.15, 0.2) is 24.3 Å². The summed E-state index contributed by atoms with van der Waals surface area (Å²) >= 11 is 0. The molecule has 0 aromatic heterocycles. The Morgan fingerprint density at radius 1 is 1.44 bits per heavy atom. The summed E-state index contributed by atoms with van der Waals surface area (Å²) < 4.78 is 0. The van der Waals surface area contributed by atoms with Gasteiger partial charge in [-0.05, 0) is 36.8 Å². The summed E-state index contributed by atoms with van der Waals surface area (Å²) in [4.78, 5) is 11.5. The van der Waals surface area contributed by atoms with Gasteiger partial charge < -0.3 is 5.11 Å². The summed E-state index contributed by atoms with van der Waals surface area (Å²) in [6.07, 6.45) is 2.67. The zero-order valence-electron chi connectivity index (χ0n) is 9.86. The van der Waals surface area contributed by atoms with Gasteiger partial charge in [-0.15, -0.1) is 0 Å². The van der Waals surface area contributed by atoms with E-state index in [4.69, 9.17) is 0 Å². The van der Waals surface area contributed by atoms with Gasteiger partial charge in [0.1, 0.15) is 0 Å². The molecule has 1 aliphatic carbocycles. The van der Waals surface area contributed by atoms with Crippen molar-refractivity contribution in [1.29, 1.82) is 0 Å². The second-order valence-corrected chi connectivity index (χ2v) is 4.88. The predicted octanol–water partition coefficient (Wildman–Crippen LogP) is 3.14. The van der Waals surface area contributed by atoms with Gasteiger partial charge in [0.25, 0.3) is 0 Å². The molecule has 1 N–H and O–H groups in total. The van der Waals surface area contributed by atoms with Gasteiger partial charge in [0, 0.05) is 0 Å². The van der Waals surface area contributed by atoms with Gasteiger partial charge in [-0.25, -0.2) is 0 Å². The monoisotopic (exact) mass is 218 g/mol. The zero-order valence-corrected chi connectivity index (χ0v) is 9.86. The molecule has 0 saturated heterocycles. The summed E-state index contributed by atoms with van der Waals surface area (Å²) in [5.74, 6) is -0.0813. The van der Waals surface area contributed by atoms with Crippen molar-refractivity contribution in [2.45, 2.75) is 38.5 Å². The van der Waals surface area contributed by atoms with E-state index in [1.54, 1.807) is 0 Å². The van der Waals surface area contributed by atoms with Crippen LogP contribution in [0.25, 0.3) is 0 Å². The Kier molecular flexibility index (Phi) is 2.75. The third-order valence-corrected chi connectivity index (χ3v) is 3.92. The van der Waals surface area contributed by atoms with Crippen molar-refractivity contribution in [1.82, 2.24) is 0 Å². The molecule has 0 spiro atoms. The van der Waals surface area contributed by atoms with E-state index in [0.29, 0.717) is 5.92 Å². The van der Waals surface area contributed by atoms with E-state index in [9.17, 15) is 9.90 Å². The van der Waals surface area contributed by atoms with E-state index in [2.05, 4.69) is 6.92 Å². The highest BCUT2D eigenvalue weighted by molar-refractivity contribution is 5.83. The molecule has 0 aliphatic heterocycles. The molecule has 1 aliphatic rings. The molecular formula is C14H18O2. The zero-order chi connectivity index (χ0) is 11.8. The maximum absolute atomic E-state index is 11.5. The maximum Gasteiger partial charge on any atom is 0.314 e. The number of carbonyl (C=O) groups is 1. The Morgan fingerprint density at radius 3 is 2.56 bits per heavy atom. The van der Waals surface area contributed by atoms with Crippen LogP contribution in [0.3, 0.4) is 0 Å². The Labute approximate surface area is 96.3 Å². The standard InChI is InChI=1S/C14H18O2/c1-3-11-8-14(9-11,13(15)16)12-7-5-4-6-10(12)2/h4-7,11H,3,8-9H2,1-2H3,(H,15,16). The first-order valence-electron chi connectivity index (χ1n) is 5.89. The molecule has 2 rings (SSSR count). The molecule has 1 fully saturated rings. The van der Waals surface area contributed by atoms with Crippen LogP contribution in [0.5, 0.6) is 0 Å². The average molecular weight is 218 g/mol. The Bertz CT molecular complexity index is 403. The summed E-state index contributed by atoms with van der Waals surface area (Å²) in [7, 11) is 0. The molecular weight excluding hydrogens is 200 g/mol. The van der Waals surface area contributed by atoms with Crippen LogP contribution in [0, 0.1) is 12.8 Å². The van der Waals surface area contributed by atoms with Crippen LogP contribution in [0.1, 0.15) is 37.3 Å². The highest BCUT2D eigenvalue weighted by Gasteiger charge is 2.51. The van der Waals surface area contributed by atoms with E-state index < -0.39 is 11.4 Å². The highest BCUT2D eigenvalue weighted by Crippen LogP contribution is 2.50. The summed E-state index contributed by atoms with van der Waals surface area (Å²) in [6, 6.07) is 7.87. The van der Waals surface area contributed by atoms with Gasteiger partial charge in [0.05, 0.1) is 5.41 Å². The molecule has 0 atom stereocenters. The van der Waals surface area contributed by atoms with Crippen molar-refractivity contribution in [2.24, 2.45) is 5.92 Å². The minimum absolute atomic E-state index is 0.579. The van der Waals surface area contributed by atoms with Crippen LogP contribution in [0.4, 0.5) is 0 Å². The lowest BCUT2D eigenvalue weighted by molar-refractivity contribution is -0.150. The van der Waals surface area contributed by atoms with E-state index in [1.165, 1.54) is 0 Å². The first-order chi connectivity index (χ1) is 7.60. The molecule has 2 nitrogen and oxygen atoms in total. The van der Waals surface area contributed by atoms with Crippen LogP contribution in [0.2, 0.25) is 0 Å². The fourth-order valence-electron chi connectivity index (χ4n) is 2.83. The lowest BCUT2D eigenvalue weighted by atomic mass is 9.57. The van der Waals surface area contributed by atoms with Crippen LogP contribution >= 0.6 is 0 Å². The van der Waals surface area contributed by atoms with Crippen molar-refractivity contribution in [3.05, 3.63) is 35.4 Å². The Morgan fingerprint density at radius 2 is 2.06 bits per heavy atom. The molecule has 1 aromatic rings. The van der Waals surface area contributed by atoms with Crippen molar-refractivity contribution >= 4 is 5.97 Å². The normalized spacial score (nSPS) is 28.5. The van der Waals surface area contributed by atoms with Crippen molar-refractivity contribution < 1.29 is 9.90 Å². The largest absolute Gasteiger partial charge is 0.481 e. The van der Waals surface area contributed by atoms with Crippen molar-refractivity contribution in [3.8, 4) is 0 Å². The molecule has 0 heterocycles. The summed E-state index contributed by atoms with van der Waals surface area (Å²) in [5.41, 5.74) is 1.50. The SMILES string of the molecule is CCC1CC(C(=O)O)(c2ccccc2C)C1. The van der Waals surface area contributed by atoms with E-state index in [1.807, 2.05) is 31.2 Å². The first-order valence-corrected chi connectivity index (χ1v) is 5.89. The fourth-order valence-corrected chi connectivity index (χ4v) is 2.83. The van der Waals surface area contributed by atoms with Gasteiger partial charge in [0.15, 0.2) is 0 Å².